The fraction of sp³-hybridized carbons (Fsp3) is 0.200. The number of benzene rings is 2. The van der Waals surface area contributed by atoms with E-state index in [0.717, 1.165) is 11.1 Å². The van der Waals surface area contributed by atoms with Crippen LogP contribution in [0.5, 0.6) is 0 Å². The topological polar surface area (TPSA) is 46.3 Å². The lowest BCUT2D eigenvalue weighted by Crippen LogP contribution is -2.31. The van der Waals surface area contributed by atoms with E-state index in [9.17, 15) is 4.79 Å². The van der Waals surface area contributed by atoms with E-state index in [1.54, 1.807) is 11.2 Å². The van der Waals surface area contributed by atoms with Crippen LogP contribution in [0.2, 0.25) is 5.02 Å². The van der Waals surface area contributed by atoms with Gasteiger partial charge in [0.2, 0.25) is 11.8 Å². The quantitative estimate of drug-likeness (QED) is 0.650. The molecule has 1 heterocycles. The maximum absolute atomic E-state index is 12.6. The van der Waals surface area contributed by atoms with Crippen molar-refractivity contribution in [2.45, 2.75) is 19.9 Å². The third-order valence-electron chi connectivity index (χ3n) is 3.96. The van der Waals surface area contributed by atoms with Crippen molar-refractivity contribution in [1.29, 1.82) is 0 Å². The number of carbonyl (C=O) groups excluding carboxylic acids is 1. The molecule has 0 saturated heterocycles. The molecule has 3 rings (SSSR count). The number of hydrogen-bond acceptors (Lipinski definition) is 3. The molecule has 4 nitrogen and oxygen atoms in total. The van der Waals surface area contributed by atoms with Gasteiger partial charge in [0.15, 0.2) is 0 Å². The molecule has 5 heteroatoms. The van der Waals surface area contributed by atoms with Crippen LogP contribution in [-0.2, 0) is 17.8 Å². The zero-order valence-corrected chi connectivity index (χ0v) is 14.7. The van der Waals surface area contributed by atoms with Crippen molar-refractivity contribution >= 4 is 17.5 Å². The first-order valence-corrected chi connectivity index (χ1v) is 8.56. The Bertz CT molecular complexity index is 846. The lowest BCUT2D eigenvalue weighted by molar-refractivity contribution is -0.130. The summed E-state index contributed by atoms with van der Waals surface area (Å²) in [6.07, 6.45) is 1.75. The third kappa shape index (κ3) is 4.28. The van der Waals surface area contributed by atoms with Crippen LogP contribution in [-0.4, -0.2) is 22.3 Å². The summed E-state index contributed by atoms with van der Waals surface area (Å²) in [7, 11) is 0. The number of halogens is 1. The normalized spacial score (nSPS) is 10.6. The zero-order chi connectivity index (χ0) is 17.6. The van der Waals surface area contributed by atoms with Crippen molar-refractivity contribution in [1.82, 2.24) is 9.88 Å². The van der Waals surface area contributed by atoms with Crippen LogP contribution in [0.25, 0.3) is 11.5 Å². The summed E-state index contributed by atoms with van der Waals surface area (Å²) in [5.41, 5.74) is 2.45. The Morgan fingerprint density at radius 2 is 1.84 bits per heavy atom. The van der Waals surface area contributed by atoms with Crippen molar-refractivity contribution in [3.05, 3.63) is 77.1 Å². The lowest BCUT2D eigenvalue weighted by atomic mass is 10.2. The Labute approximate surface area is 152 Å². The minimum absolute atomic E-state index is 0.00432. The van der Waals surface area contributed by atoms with Gasteiger partial charge in [-0.1, -0.05) is 48.0 Å². The fourth-order valence-corrected chi connectivity index (χ4v) is 2.77. The summed E-state index contributed by atoms with van der Waals surface area (Å²) in [4.78, 5) is 18.8. The fourth-order valence-electron chi connectivity index (χ4n) is 2.58. The van der Waals surface area contributed by atoms with Crippen LogP contribution in [0.4, 0.5) is 0 Å². The highest BCUT2D eigenvalue weighted by atomic mass is 35.5. The molecule has 1 aromatic heterocycles. The van der Waals surface area contributed by atoms with E-state index < -0.39 is 0 Å². The first kappa shape index (κ1) is 17.2. The molecule has 0 spiro atoms. The number of aromatic nitrogens is 1. The van der Waals surface area contributed by atoms with Gasteiger partial charge in [-0.05, 0) is 30.7 Å². The van der Waals surface area contributed by atoms with Gasteiger partial charge in [0.25, 0.3) is 0 Å². The zero-order valence-electron chi connectivity index (χ0n) is 14.0. The van der Waals surface area contributed by atoms with Gasteiger partial charge in [-0.15, -0.1) is 0 Å². The van der Waals surface area contributed by atoms with E-state index >= 15 is 0 Å². The Morgan fingerprint density at radius 1 is 1.12 bits per heavy atom. The van der Waals surface area contributed by atoms with Crippen molar-refractivity contribution in [3.8, 4) is 11.5 Å². The Morgan fingerprint density at radius 3 is 2.56 bits per heavy atom. The summed E-state index contributed by atoms with van der Waals surface area (Å²) >= 11 is 6.20. The lowest BCUT2D eigenvalue weighted by Gasteiger charge is -2.21. The molecule has 0 saturated carbocycles. The molecule has 0 aliphatic heterocycles. The van der Waals surface area contributed by atoms with E-state index in [1.807, 2.05) is 61.5 Å². The van der Waals surface area contributed by atoms with Gasteiger partial charge in [-0.3, -0.25) is 4.79 Å². The van der Waals surface area contributed by atoms with Gasteiger partial charge in [-0.25, -0.2) is 4.98 Å². The highest BCUT2D eigenvalue weighted by molar-refractivity contribution is 6.31. The number of rotatable bonds is 6. The molecule has 1 amide bonds. The first-order valence-electron chi connectivity index (χ1n) is 8.18. The summed E-state index contributed by atoms with van der Waals surface area (Å²) in [6, 6.07) is 17.2. The molecular formula is C20H19ClN2O2. The minimum atomic E-state index is -0.00432. The Hall–Kier alpha value is -2.59. The third-order valence-corrected chi connectivity index (χ3v) is 4.33. The van der Waals surface area contributed by atoms with E-state index in [2.05, 4.69) is 4.98 Å². The van der Waals surface area contributed by atoms with Crippen LogP contribution in [0.15, 0.2) is 65.3 Å². The average Bonchev–Trinajstić information content (AvgIpc) is 3.10. The molecule has 0 N–H and O–H groups in total. The number of nitrogens with zero attached hydrogens (tertiary/aromatic N) is 2. The minimum Gasteiger partial charge on any atom is -0.444 e. The van der Waals surface area contributed by atoms with Crippen LogP contribution < -0.4 is 0 Å². The van der Waals surface area contributed by atoms with Gasteiger partial charge < -0.3 is 9.32 Å². The summed E-state index contributed by atoms with van der Waals surface area (Å²) in [5, 5.41) is 0.668. The van der Waals surface area contributed by atoms with Crippen LogP contribution in [0.1, 0.15) is 18.2 Å². The molecule has 0 atom stereocenters. The highest BCUT2D eigenvalue weighted by Crippen LogP contribution is 2.20. The predicted octanol–water partition coefficient (Wildman–Crippen LogP) is 4.59. The summed E-state index contributed by atoms with van der Waals surface area (Å²) in [5.74, 6) is 0.521. The number of carbonyl (C=O) groups is 1. The molecule has 0 aliphatic rings. The number of likely N-dealkylation sites (N-methyl/N-ethyl adjacent to an activating group) is 1. The second kappa shape index (κ2) is 7.99. The monoisotopic (exact) mass is 354 g/mol. The summed E-state index contributed by atoms with van der Waals surface area (Å²) in [6.45, 7) is 3.04. The van der Waals surface area contributed by atoms with Crippen LogP contribution in [0.3, 0.4) is 0 Å². The van der Waals surface area contributed by atoms with Crippen molar-refractivity contribution in [3.63, 3.8) is 0 Å². The van der Waals surface area contributed by atoms with Crippen molar-refractivity contribution in [2.75, 3.05) is 6.54 Å². The molecule has 128 valence electrons. The van der Waals surface area contributed by atoms with E-state index in [-0.39, 0.29) is 12.3 Å². The smallest absolute Gasteiger partial charge is 0.229 e. The molecule has 3 aromatic rings. The Kier molecular flexibility index (Phi) is 5.51. The van der Waals surface area contributed by atoms with E-state index in [4.69, 9.17) is 16.0 Å². The van der Waals surface area contributed by atoms with Gasteiger partial charge in [0.1, 0.15) is 6.26 Å². The Balaban J connectivity index is 1.68. The van der Waals surface area contributed by atoms with Crippen molar-refractivity contribution in [2.24, 2.45) is 0 Å². The standard InChI is InChI=1S/C20H19ClN2O2/c1-2-23(13-16-10-6-7-11-18(16)21)19(24)12-17-14-25-20(22-17)15-8-4-3-5-9-15/h3-11,14H,2,12-13H2,1H3. The molecule has 0 aliphatic carbocycles. The van der Waals surface area contributed by atoms with E-state index in [1.165, 1.54) is 0 Å². The second-order valence-electron chi connectivity index (χ2n) is 5.69. The molecule has 0 bridgehead atoms. The largest absolute Gasteiger partial charge is 0.444 e. The highest BCUT2D eigenvalue weighted by Gasteiger charge is 2.16. The number of hydrogen-bond donors (Lipinski definition) is 0. The molecule has 0 unspecified atom stereocenters. The van der Waals surface area contributed by atoms with Crippen LogP contribution in [0, 0.1) is 0 Å². The van der Waals surface area contributed by atoms with Gasteiger partial charge in [-0.2, -0.15) is 0 Å². The second-order valence-corrected chi connectivity index (χ2v) is 6.09. The average molecular weight is 355 g/mol. The SMILES string of the molecule is CCN(Cc1ccccc1Cl)C(=O)Cc1coc(-c2ccccc2)n1. The van der Waals surface area contributed by atoms with Gasteiger partial charge in [0, 0.05) is 23.7 Å². The number of oxazole rings is 1. The van der Waals surface area contributed by atoms with Crippen LogP contribution >= 0.6 is 11.6 Å². The predicted molar refractivity (Wildman–Crippen MR) is 98.2 cm³/mol. The molecule has 2 aromatic carbocycles. The molecular weight excluding hydrogens is 336 g/mol. The maximum Gasteiger partial charge on any atom is 0.229 e. The molecule has 25 heavy (non-hydrogen) atoms. The number of amides is 1. The molecule has 0 fully saturated rings. The summed E-state index contributed by atoms with van der Waals surface area (Å²) < 4.78 is 5.50. The first-order chi connectivity index (χ1) is 12.2. The van der Waals surface area contributed by atoms with E-state index in [0.29, 0.717) is 29.7 Å². The van der Waals surface area contributed by atoms with Crippen molar-refractivity contribution < 1.29 is 9.21 Å². The molecule has 0 radical (unpaired) electrons. The van der Waals surface area contributed by atoms with Gasteiger partial charge in [0.05, 0.1) is 12.1 Å². The maximum atomic E-state index is 12.6. The van der Waals surface area contributed by atoms with Gasteiger partial charge >= 0.3 is 0 Å².